The highest BCUT2D eigenvalue weighted by Gasteiger charge is 2.35. The zero-order chi connectivity index (χ0) is 14.7. The number of hydrogen-bond donors (Lipinski definition) is 3. The van der Waals surface area contributed by atoms with E-state index in [1.807, 2.05) is 11.8 Å². The number of aliphatic hydroxyl groups is 1. The molecule has 2 aliphatic heterocycles. The van der Waals surface area contributed by atoms with Gasteiger partial charge in [-0.2, -0.15) is 11.8 Å². The van der Waals surface area contributed by atoms with Gasteiger partial charge in [0.05, 0.1) is 12.1 Å². The predicted molar refractivity (Wildman–Crippen MR) is 89.0 cm³/mol. The molecule has 2 saturated heterocycles. The van der Waals surface area contributed by atoms with Crippen molar-refractivity contribution in [3.63, 3.8) is 0 Å². The summed E-state index contributed by atoms with van der Waals surface area (Å²) in [5.74, 6) is 2.73. The van der Waals surface area contributed by atoms with Crippen LogP contribution in [0.2, 0.25) is 0 Å². The Morgan fingerprint density at radius 1 is 1.43 bits per heavy atom. The third kappa shape index (κ3) is 4.27. The van der Waals surface area contributed by atoms with Gasteiger partial charge in [0.1, 0.15) is 0 Å². The van der Waals surface area contributed by atoms with Crippen LogP contribution in [0.25, 0.3) is 0 Å². The molecule has 3 N–H and O–H groups in total. The van der Waals surface area contributed by atoms with E-state index in [1.165, 1.54) is 25.8 Å². The SMILES string of the molecule is CCNC(=NCC1(O)CCSC1)NC1CCN(C2CC2)C1. The molecule has 21 heavy (non-hydrogen) atoms. The first-order valence-corrected chi connectivity index (χ1v) is 9.43. The van der Waals surface area contributed by atoms with Crippen LogP contribution in [-0.2, 0) is 0 Å². The van der Waals surface area contributed by atoms with E-state index in [2.05, 4.69) is 27.4 Å². The zero-order valence-electron chi connectivity index (χ0n) is 13.0. The van der Waals surface area contributed by atoms with Gasteiger partial charge in [-0.3, -0.25) is 9.89 Å². The van der Waals surface area contributed by atoms with Crippen molar-refractivity contribution in [2.24, 2.45) is 4.99 Å². The van der Waals surface area contributed by atoms with Crippen LogP contribution in [-0.4, -0.2) is 71.3 Å². The smallest absolute Gasteiger partial charge is 0.191 e. The van der Waals surface area contributed by atoms with Crippen molar-refractivity contribution in [1.29, 1.82) is 0 Å². The molecule has 6 heteroatoms. The molecule has 1 saturated carbocycles. The maximum absolute atomic E-state index is 10.4. The molecule has 5 nitrogen and oxygen atoms in total. The first kappa shape index (κ1) is 15.4. The van der Waals surface area contributed by atoms with Gasteiger partial charge in [-0.05, 0) is 38.4 Å². The average molecular weight is 312 g/mol. The average Bonchev–Trinajstić information content (AvgIpc) is 3.07. The van der Waals surface area contributed by atoms with Gasteiger partial charge in [0.15, 0.2) is 5.96 Å². The topological polar surface area (TPSA) is 59.9 Å². The molecular formula is C15H28N4OS. The van der Waals surface area contributed by atoms with Crippen LogP contribution in [0.4, 0.5) is 0 Å². The number of likely N-dealkylation sites (tertiary alicyclic amines) is 1. The summed E-state index contributed by atoms with van der Waals surface area (Å²) < 4.78 is 0. The summed E-state index contributed by atoms with van der Waals surface area (Å²) in [6.07, 6.45) is 4.82. The molecular weight excluding hydrogens is 284 g/mol. The predicted octanol–water partition coefficient (Wildman–Crippen LogP) is 0.646. The van der Waals surface area contributed by atoms with Gasteiger partial charge in [-0.1, -0.05) is 0 Å². The third-order valence-electron chi connectivity index (χ3n) is 4.58. The van der Waals surface area contributed by atoms with Gasteiger partial charge >= 0.3 is 0 Å². The molecule has 0 spiro atoms. The van der Waals surface area contributed by atoms with Gasteiger partial charge in [0.25, 0.3) is 0 Å². The summed E-state index contributed by atoms with van der Waals surface area (Å²) in [4.78, 5) is 7.23. The molecule has 3 fully saturated rings. The van der Waals surface area contributed by atoms with E-state index >= 15 is 0 Å². The molecule has 0 aromatic rings. The second kappa shape index (κ2) is 6.75. The molecule has 0 amide bonds. The standard InChI is InChI=1S/C15H28N4OS/c1-2-16-14(17-10-15(20)6-8-21-11-15)18-12-5-7-19(9-12)13-3-4-13/h12-13,20H,2-11H2,1H3,(H2,16,17,18). The summed E-state index contributed by atoms with van der Waals surface area (Å²) in [5, 5.41) is 17.3. The number of rotatable bonds is 5. The minimum atomic E-state index is -0.595. The Labute approximate surface area is 132 Å². The van der Waals surface area contributed by atoms with Crippen LogP contribution in [0.3, 0.4) is 0 Å². The van der Waals surface area contributed by atoms with E-state index in [1.54, 1.807) is 0 Å². The van der Waals surface area contributed by atoms with Crippen LogP contribution in [0.1, 0.15) is 32.6 Å². The molecule has 3 aliphatic rings. The Morgan fingerprint density at radius 3 is 2.95 bits per heavy atom. The van der Waals surface area contributed by atoms with E-state index in [4.69, 9.17) is 0 Å². The van der Waals surface area contributed by atoms with E-state index in [9.17, 15) is 5.11 Å². The Morgan fingerprint density at radius 2 is 2.29 bits per heavy atom. The Balaban J connectivity index is 1.51. The Kier molecular flexibility index (Phi) is 4.96. The summed E-state index contributed by atoms with van der Waals surface area (Å²) in [6.45, 7) is 5.80. The summed E-state index contributed by atoms with van der Waals surface area (Å²) in [7, 11) is 0. The summed E-state index contributed by atoms with van der Waals surface area (Å²) in [6, 6.07) is 1.35. The molecule has 2 heterocycles. The van der Waals surface area contributed by atoms with Gasteiger partial charge in [0, 0.05) is 37.5 Å². The van der Waals surface area contributed by atoms with Crippen molar-refractivity contribution in [2.75, 3.05) is 37.7 Å². The second-order valence-corrected chi connectivity index (χ2v) is 7.68. The number of guanidine groups is 1. The number of hydrogen-bond acceptors (Lipinski definition) is 4. The van der Waals surface area contributed by atoms with Crippen LogP contribution in [0.15, 0.2) is 4.99 Å². The third-order valence-corrected chi connectivity index (χ3v) is 5.82. The van der Waals surface area contributed by atoms with Crippen molar-refractivity contribution < 1.29 is 5.11 Å². The highest BCUT2D eigenvalue weighted by Crippen LogP contribution is 2.30. The number of nitrogens with zero attached hydrogens (tertiary/aromatic N) is 2. The lowest BCUT2D eigenvalue weighted by atomic mass is 10.1. The normalized spacial score (nSPS) is 34.4. The molecule has 2 atom stereocenters. The van der Waals surface area contributed by atoms with E-state index < -0.39 is 5.60 Å². The monoisotopic (exact) mass is 312 g/mol. The quantitative estimate of drug-likeness (QED) is 0.514. The molecule has 3 rings (SSSR count). The van der Waals surface area contributed by atoms with Crippen molar-refractivity contribution in [2.45, 2.75) is 50.3 Å². The fraction of sp³-hybridized carbons (Fsp3) is 0.933. The molecule has 1 aliphatic carbocycles. The molecule has 0 radical (unpaired) electrons. The van der Waals surface area contributed by atoms with E-state index in [-0.39, 0.29) is 0 Å². The molecule has 0 aromatic heterocycles. The van der Waals surface area contributed by atoms with Crippen molar-refractivity contribution in [3.05, 3.63) is 0 Å². The molecule has 0 bridgehead atoms. The minimum Gasteiger partial charge on any atom is -0.387 e. The maximum atomic E-state index is 10.4. The number of nitrogens with one attached hydrogen (secondary N) is 2. The fourth-order valence-corrected chi connectivity index (χ4v) is 4.42. The van der Waals surface area contributed by atoms with Crippen molar-refractivity contribution in [1.82, 2.24) is 15.5 Å². The lowest BCUT2D eigenvalue weighted by Gasteiger charge is -2.22. The highest BCUT2D eigenvalue weighted by atomic mass is 32.2. The van der Waals surface area contributed by atoms with Crippen molar-refractivity contribution >= 4 is 17.7 Å². The van der Waals surface area contributed by atoms with Crippen LogP contribution >= 0.6 is 11.8 Å². The number of aliphatic imine (C=N–C) groups is 1. The summed E-state index contributed by atoms with van der Waals surface area (Å²) >= 11 is 1.82. The van der Waals surface area contributed by atoms with Gasteiger partial charge < -0.3 is 15.7 Å². The van der Waals surface area contributed by atoms with Crippen LogP contribution < -0.4 is 10.6 Å². The Bertz CT molecular complexity index is 380. The maximum Gasteiger partial charge on any atom is 0.191 e. The molecule has 120 valence electrons. The first-order valence-electron chi connectivity index (χ1n) is 8.27. The number of thioether (sulfide) groups is 1. The summed E-state index contributed by atoms with van der Waals surface area (Å²) in [5.41, 5.74) is -0.595. The minimum absolute atomic E-state index is 0.496. The first-order chi connectivity index (χ1) is 10.2. The lowest BCUT2D eigenvalue weighted by molar-refractivity contribution is 0.0778. The zero-order valence-corrected chi connectivity index (χ0v) is 13.8. The second-order valence-electron chi connectivity index (χ2n) is 6.58. The van der Waals surface area contributed by atoms with Gasteiger partial charge in [0.2, 0.25) is 0 Å². The van der Waals surface area contributed by atoms with Gasteiger partial charge in [-0.15, -0.1) is 0 Å². The fourth-order valence-electron chi connectivity index (χ4n) is 3.14. The van der Waals surface area contributed by atoms with Gasteiger partial charge in [-0.25, -0.2) is 0 Å². The van der Waals surface area contributed by atoms with Crippen LogP contribution in [0, 0.1) is 0 Å². The highest BCUT2D eigenvalue weighted by molar-refractivity contribution is 7.99. The van der Waals surface area contributed by atoms with E-state index in [0.29, 0.717) is 12.6 Å². The molecule has 0 aromatic carbocycles. The van der Waals surface area contributed by atoms with Crippen LogP contribution in [0.5, 0.6) is 0 Å². The molecule has 2 unspecified atom stereocenters. The largest absolute Gasteiger partial charge is 0.387 e. The lowest BCUT2D eigenvalue weighted by Crippen LogP contribution is -2.46. The van der Waals surface area contributed by atoms with E-state index in [0.717, 1.165) is 43.0 Å². The Hall–Kier alpha value is -0.460. The van der Waals surface area contributed by atoms with Crippen molar-refractivity contribution in [3.8, 4) is 0 Å².